The zero-order chi connectivity index (χ0) is 64.3. The zero-order valence-corrected chi connectivity index (χ0v) is 57.9. The number of benzene rings is 7. The van der Waals surface area contributed by atoms with E-state index in [1.807, 2.05) is 84.9 Å². The van der Waals surface area contributed by atoms with Gasteiger partial charge in [-0.05, 0) is 121 Å². The van der Waals surface area contributed by atoms with E-state index >= 15 is 0 Å². The SMILES string of the molecule is CC(CO)OCC(O)(c1ccccc1)C(c1ccccc1)(c1ccccc1)c1ccccc1.CCCCCCCCCc1ccccc1OP(Oc1ccccc1CCCCCCCCC)Oc1cccc(CCCCCCCCC)c1CCCCCCCCC. The van der Waals surface area contributed by atoms with Crippen LogP contribution in [0.2, 0.25) is 0 Å². The molecule has 6 nitrogen and oxygen atoms in total. The number of rotatable bonds is 47. The molecular weight excluding hydrogens is 1140 g/mol. The van der Waals surface area contributed by atoms with E-state index in [1.165, 1.54) is 202 Å². The summed E-state index contributed by atoms with van der Waals surface area (Å²) in [7, 11) is -1.76. The maximum absolute atomic E-state index is 12.9. The molecule has 0 aliphatic carbocycles. The molecular formula is C84H117O6P. The van der Waals surface area contributed by atoms with Crippen molar-refractivity contribution in [2.24, 2.45) is 0 Å². The van der Waals surface area contributed by atoms with Crippen LogP contribution in [-0.2, 0) is 41.4 Å². The summed E-state index contributed by atoms with van der Waals surface area (Å²) in [6, 6.07) is 64.0. The van der Waals surface area contributed by atoms with Crippen LogP contribution in [0.5, 0.6) is 17.2 Å². The Morgan fingerprint density at radius 2 is 0.626 bits per heavy atom. The van der Waals surface area contributed by atoms with E-state index in [-0.39, 0.29) is 13.2 Å². The molecule has 0 radical (unpaired) electrons. The van der Waals surface area contributed by atoms with E-state index < -0.39 is 25.7 Å². The average Bonchev–Trinajstić information content (AvgIpc) is 0.713. The van der Waals surface area contributed by atoms with Gasteiger partial charge in [0, 0.05) is 0 Å². The predicted octanol–water partition coefficient (Wildman–Crippen LogP) is 23.9. The van der Waals surface area contributed by atoms with Crippen molar-refractivity contribution < 1.29 is 28.5 Å². The molecule has 0 bridgehead atoms. The number of aliphatic hydroxyl groups excluding tert-OH is 1. The zero-order valence-electron chi connectivity index (χ0n) is 57.0. The van der Waals surface area contributed by atoms with Gasteiger partial charge in [-0.2, -0.15) is 0 Å². The van der Waals surface area contributed by atoms with Gasteiger partial charge in [-0.25, -0.2) is 0 Å². The molecule has 7 aromatic rings. The molecule has 0 aliphatic rings. The first-order valence-corrected chi connectivity index (χ1v) is 37.2. The first-order valence-electron chi connectivity index (χ1n) is 36.1. The lowest BCUT2D eigenvalue weighted by Crippen LogP contribution is -2.54. The molecule has 494 valence electrons. The van der Waals surface area contributed by atoms with Gasteiger partial charge < -0.3 is 28.5 Å². The number of hydrogen-bond acceptors (Lipinski definition) is 6. The predicted molar refractivity (Wildman–Crippen MR) is 387 cm³/mol. The molecule has 0 aliphatic heterocycles. The van der Waals surface area contributed by atoms with Crippen molar-refractivity contribution in [3.8, 4) is 17.2 Å². The van der Waals surface area contributed by atoms with Crippen molar-refractivity contribution in [1.29, 1.82) is 0 Å². The maximum atomic E-state index is 12.9. The Morgan fingerprint density at radius 1 is 0.330 bits per heavy atom. The molecule has 0 saturated carbocycles. The first-order chi connectivity index (χ1) is 44.8. The second kappa shape index (κ2) is 44.7. The fourth-order valence-electron chi connectivity index (χ4n) is 12.9. The standard InChI is InChI=1S/C54H87O3P.C30H30O3/c1-5-9-13-17-21-25-29-38-48-43-37-47-54(51(48)44-32-28-24-20-16-12-8-4)57-58(55-52-45-35-33-41-49(52)39-30-26-22-18-14-10-6-2)56-53-46-36-34-42-50(53)40-31-27-23-19-15-11-7-3;1-24(22-31)33-23-29(32,25-14-6-2-7-15-25)30(26-16-8-3-9-17-26,27-18-10-4-11-19-27)28-20-12-5-13-21-28/h33-37,41-43,45-47H,5-32,38-40,44H2,1-4H3;2-21,24,31-32H,22-23H2,1H3. The second-order valence-corrected chi connectivity index (χ2v) is 26.5. The number of unbranched alkanes of at least 4 members (excludes halogenated alkanes) is 24. The van der Waals surface area contributed by atoms with Crippen LogP contribution in [0.25, 0.3) is 0 Å². The van der Waals surface area contributed by atoms with E-state index in [4.69, 9.17) is 18.3 Å². The average molecular weight is 1250 g/mol. The molecule has 0 spiro atoms. The minimum Gasteiger partial charge on any atom is -0.408 e. The van der Waals surface area contributed by atoms with Crippen molar-refractivity contribution in [3.63, 3.8) is 0 Å². The van der Waals surface area contributed by atoms with Crippen LogP contribution in [0.3, 0.4) is 0 Å². The monoisotopic (exact) mass is 1250 g/mol. The summed E-state index contributed by atoms with van der Waals surface area (Å²) in [6.45, 7) is 10.9. The number of aliphatic hydroxyl groups is 2. The highest BCUT2D eigenvalue weighted by atomic mass is 31.2. The summed E-state index contributed by atoms with van der Waals surface area (Å²) in [5.74, 6) is 2.75. The fraction of sp³-hybridized carbons (Fsp3) is 0.500. The molecule has 0 aromatic heterocycles. The van der Waals surface area contributed by atoms with Crippen molar-refractivity contribution in [3.05, 3.63) is 233 Å². The van der Waals surface area contributed by atoms with E-state index in [0.717, 1.165) is 65.2 Å². The Balaban J connectivity index is 0.000000334. The second-order valence-electron chi connectivity index (χ2n) is 25.5. The van der Waals surface area contributed by atoms with Gasteiger partial charge in [0.2, 0.25) is 0 Å². The van der Waals surface area contributed by atoms with Gasteiger partial charge in [0.25, 0.3) is 0 Å². The highest BCUT2D eigenvalue weighted by Crippen LogP contribution is 2.53. The van der Waals surface area contributed by atoms with Crippen LogP contribution in [-0.4, -0.2) is 29.5 Å². The Morgan fingerprint density at radius 3 is 1.01 bits per heavy atom. The van der Waals surface area contributed by atoms with Gasteiger partial charge >= 0.3 is 8.60 Å². The Hall–Kier alpha value is -5.75. The molecule has 2 unspecified atom stereocenters. The number of hydrogen-bond donors (Lipinski definition) is 2. The molecule has 7 rings (SSSR count). The molecule has 2 N–H and O–H groups in total. The van der Waals surface area contributed by atoms with Crippen molar-refractivity contribution >= 4 is 8.60 Å². The Labute approximate surface area is 554 Å². The molecule has 0 amide bonds. The smallest absolute Gasteiger partial charge is 0.408 e. The molecule has 7 heteroatoms. The van der Waals surface area contributed by atoms with Crippen LogP contribution in [0.4, 0.5) is 0 Å². The maximum Gasteiger partial charge on any atom is 0.530 e. The van der Waals surface area contributed by atoms with Gasteiger partial charge in [0.1, 0.15) is 22.8 Å². The van der Waals surface area contributed by atoms with Crippen molar-refractivity contribution in [2.45, 2.75) is 257 Å². The summed E-state index contributed by atoms with van der Waals surface area (Å²) < 4.78 is 27.0. The van der Waals surface area contributed by atoms with Gasteiger partial charge in [-0.15, -0.1) is 0 Å². The third-order valence-corrected chi connectivity index (χ3v) is 19.2. The summed E-state index contributed by atoms with van der Waals surface area (Å²) >= 11 is 0. The minimum atomic E-state index is -1.76. The summed E-state index contributed by atoms with van der Waals surface area (Å²) in [4.78, 5) is 0. The van der Waals surface area contributed by atoms with Crippen molar-refractivity contribution in [1.82, 2.24) is 0 Å². The quantitative estimate of drug-likeness (QED) is 0.0225. The lowest BCUT2D eigenvalue weighted by atomic mass is 9.57. The van der Waals surface area contributed by atoms with Gasteiger partial charge in [-0.3, -0.25) is 0 Å². The van der Waals surface area contributed by atoms with E-state index in [2.05, 4.69) is 131 Å². The molecule has 0 saturated heterocycles. The van der Waals surface area contributed by atoms with E-state index in [1.54, 1.807) is 6.92 Å². The first kappa shape index (κ1) is 74.3. The lowest BCUT2D eigenvalue weighted by molar-refractivity contribution is -0.109. The normalized spacial score (nSPS) is 12.5. The molecule has 0 fully saturated rings. The Bertz CT molecular complexity index is 2760. The summed E-state index contributed by atoms with van der Waals surface area (Å²) in [5.41, 5.74) is 6.46. The molecule has 0 heterocycles. The molecule has 91 heavy (non-hydrogen) atoms. The molecule has 7 aromatic carbocycles. The Kier molecular flexibility index (Phi) is 36.5. The largest absolute Gasteiger partial charge is 0.530 e. The van der Waals surface area contributed by atoms with Crippen LogP contribution in [0.1, 0.15) is 259 Å². The number of ether oxygens (including phenoxy) is 1. The van der Waals surface area contributed by atoms with Gasteiger partial charge in [0.05, 0.1) is 24.7 Å². The minimum absolute atomic E-state index is 0.00256. The summed E-state index contributed by atoms with van der Waals surface area (Å²) in [6.07, 6.45) is 40.4. The number of para-hydroxylation sites is 2. The van der Waals surface area contributed by atoms with Gasteiger partial charge in [0.15, 0.2) is 0 Å². The van der Waals surface area contributed by atoms with Gasteiger partial charge in [-0.1, -0.05) is 352 Å². The van der Waals surface area contributed by atoms with Crippen molar-refractivity contribution in [2.75, 3.05) is 13.2 Å². The van der Waals surface area contributed by atoms with E-state index in [0.29, 0.717) is 0 Å². The van der Waals surface area contributed by atoms with E-state index in [9.17, 15) is 10.2 Å². The topological polar surface area (TPSA) is 77.4 Å². The number of aryl methyl sites for hydroxylation is 3. The summed E-state index contributed by atoms with van der Waals surface area (Å²) in [5, 5.41) is 22.5. The van der Waals surface area contributed by atoms with Crippen LogP contribution in [0, 0.1) is 0 Å². The third kappa shape index (κ3) is 24.9. The highest BCUT2D eigenvalue weighted by molar-refractivity contribution is 7.43. The lowest BCUT2D eigenvalue weighted by Gasteiger charge is -2.49. The fourth-order valence-corrected chi connectivity index (χ4v) is 14.0. The van der Waals surface area contributed by atoms with Crippen LogP contribution < -0.4 is 13.6 Å². The highest BCUT2D eigenvalue weighted by Gasteiger charge is 2.55. The van der Waals surface area contributed by atoms with Crippen LogP contribution in [0.15, 0.2) is 188 Å². The molecule has 2 atom stereocenters. The third-order valence-electron chi connectivity index (χ3n) is 18.2. The van der Waals surface area contributed by atoms with Crippen LogP contribution >= 0.6 is 8.60 Å².